The van der Waals surface area contributed by atoms with E-state index in [2.05, 4.69) is 0 Å². The third kappa shape index (κ3) is 3.28. The van der Waals surface area contributed by atoms with Crippen molar-refractivity contribution in [3.63, 3.8) is 0 Å². The Kier molecular flexibility index (Phi) is 5.11. The van der Waals surface area contributed by atoms with Crippen molar-refractivity contribution in [2.45, 2.75) is 12.8 Å². The van der Waals surface area contributed by atoms with E-state index in [1.165, 1.54) is 0 Å². The van der Waals surface area contributed by atoms with Crippen LogP contribution in [0.25, 0.3) is 5.69 Å². The molecule has 2 aromatic rings. The predicted molar refractivity (Wildman–Crippen MR) is 93.0 cm³/mol. The zero-order valence-corrected chi connectivity index (χ0v) is 14.4. The molecular formula is C18H21ClN2O3. The lowest BCUT2D eigenvalue weighted by atomic mass is 9.98. The standard InChI is InChI=1S/C18H21ClN2O3/c1-24-17-10-16(20-6-2-3-7-20)15(19)9-14(17)18(23)21-8-4-5-13(11-21)12-22/h2-3,6-7,9-10,13,22H,4-5,8,11-12H2,1H3. The van der Waals surface area contributed by atoms with Gasteiger partial charge in [-0.1, -0.05) is 11.6 Å². The van der Waals surface area contributed by atoms with Gasteiger partial charge in [0.1, 0.15) is 5.75 Å². The molecule has 1 atom stereocenters. The molecule has 2 heterocycles. The van der Waals surface area contributed by atoms with Crippen molar-refractivity contribution in [2.24, 2.45) is 5.92 Å². The van der Waals surface area contributed by atoms with Crippen molar-refractivity contribution in [2.75, 3.05) is 26.8 Å². The van der Waals surface area contributed by atoms with Crippen LogP contribution in [0, 0.1) is 5.92 Å². The summed E-state index contributed by atoms with van der Waals surface area (Å²) in [5.41, 5.74) is 1.22. The average molecular weight is 349 g/mol. The maximum atomic E-state index is 12.9. The number of ether oxygens (including phenoxy) is 1. The van der Waals surface area contributed by atoms with Gasteiger partial charge in [-0.2, -0.15) is 0 Å². The summed E-state index contributed by atoms with van der Waals surface area (Å²) in [5.74, 6) is 0.536. The summed E-state index contributed by atoms with van der Waals surface area (Å²) < 4.78 is 7.31. The average Bonchev–Trinajstić information content (AvgIpc) is 3.15. The van der Waals surface area contributed by atoms with Gasteiger partial charge in [-0.15, -0.1) is 0 Å². The van der Waals surface area contributed by atoms with Gasteiger partial charge in [0.15, 0.2) is 0 Å². The first-order valence-corrected chi connectivity index (χ1v) is 8.43. The molecule has 5 nitrogen and oxygen atoms in total. The molecule has 1 fully saturated rings. The smallest absolute Gasteiger partial charge is 0.257 e. The largest absolute Gasteiger partial charge is 0.496 e. The van der Waals surface area contributed by atoms with Gasteiger partial charge in [0.05, 0.1) is 23.4 Å². The number of aliphatic hydroxyl groups excluding tert-OH is 1. The first-order chi connectivity index (χ1) is 11.6. The Hall–Kier alpha value is -1.98. The highest BCUT2D eigenvalue weighted by Gasteiger charge is 2.26. The van der Waals surface area contributed by atoms with E-state index < -0.39 is 0 Å². The fourth-order valence-electron chi connectivity index (χ4n) is 3.14. The molecule has 1 aromatic heterocycles. The van der Waals surface area contributed by atoms with Gasteiger partial charge in [-0.3, -0.25) is 4.79 Å². The number of rotatable bonds is 4. The van der Waals surface area contributed by atoms with E-state index in [1.807, 2.05) is 29.1 Å². The van der Waals surface area contributed by atoms with Crippen LogP contribution >= 0.6 is 11.6 Å². The molecule has 1 amide bonds. The SMILES string of the molecule is COc1cc(-n2cccc2)c(Cl)cc1C(=O)N1CCCC(CO)C1. The minimum Gasteiger partial charge on any atom is -0.496 e. The number of nitrogens with zero attached hydrogens (tertiary/aromatic N) is 2. The summed E-state index contributed by atoms with van der Waals surface area (Å²) in [7, 11) is 1.55. The number of aromatic nitrogens is 1. The van der Waals surface area contributed by atoms with Crippen LogP contribution in [0.5, 0.6) is 5.75 Å². The second-order valence-corrected chi connectivity index (χ2v) is 6.44. The number of amides is 1. The lowest BCUT2D eigenvalue weighted by Crippen LogP contribution is -2.41. The molecule has 24 heavy (non-hydrogen) atoms. The van der Waals surface area contributed by atoms with Crippen molar-refractivity contribution in [1.29, 1.82) is 0 Å². The predicted octanol–water partition coefficient (Wildman–Crippen LogP) is 2.98. The Labute approximate surface area is 146 Å². The number of methoxy groups -OCH3 is 1. The summed E-state index contributed by atoms with van der Waals surface area (Å²) in [6, 6.07) is 7.26. The molecule has 3 rings (SSSR count). The minimum absolute atomic E-state index is 0.105. The second-order valence-electron chi connectivity index (χ2n) is 6.04. The maximum Gasteiger partial charge on any atom is 0.257 e. The van der Waals surface area contributed by atoms with Crippen molar-refractivity contribution < 1.29 is 14.6 Å². The Morgan fingerprint density at radius 1 is 1.38 bits per heavy atom. The molecule has 1 unspecified atom stereocenters. The number of carbonyl (C=O) groups is 1. The van der Waals surface area contributed by atoms with Crippen LogP contribution in [0.3, 0.4) is 0 Å². The molecule has 0 radical (unpaired) electrons. The monoisotopic (exact) mass is 348 g/mol. The van der Waals surface area contributed by atoms with Gasteiger partial charge >= 0.3 is 0 Å². The Morgan fingerprint density at radius 2 is 2.12 bits per heavy atom. The normalized spacial score (nSPS) is 17.8. The van der Waals surface area contributed by atoms with Gasteiger partial charge in [-0.25, -0.2) is 0 Å². The van der Waals surface area contributed by atoms with Crippen LogP contribution < -0.4 is 4.74 Å². The second kappa shape index (κ2) is 7.28. The first-order valence-electron chi connectivity index (χ1n) is 8.05. The van der Waals surface area contributed by atoms with E-state index in [0.717, 1.165) is 18.5 Å². The quantitative estimate of drug-likeness (QED) is 0.924. The number of piperidine rings is 1. The number of hydrogen-bond acceptors (Lipinski definition) is 3. The first kappa shape index (κ1) is 16.9. The molecule has 1 aliphatic heterocycles. The molecular weight excluding hydrogens is 328 g/mol. The van der Waals surface area contributed by atoms with E-state index in [-0.39, 0.29) is 18.4 Å². The number of likely N-dealkylation sites (tertiary alicyclic amines) is 1. The summed E-state index contributed by atoms with van der Waals surface area (Å²) in [4.78, 5) is 14.7. The van der Waals surface area contributed by atoms with E-state index in [4.69, 9.17) is 16.3 Å². The van der Waals surface area contributed by atoms with Crippen LogP contribution in [0.4, 0.5) is 0 Å². The van der Waals surface area contributed by atoms with Gasteiger partial charge < -0.3 is 19.3 Å². The van der Waals surface area contributed by atoms with Crippen LogP contribution in [-0.4, -0.2) is 47.3 Å². The van der Waals surface area contributed by atoms with Gasteiger partial charge in [-0.05, 0) is 37.0 Å². The van der Waals surface area contributed by atoms with Gasteiger partial charge in [0.2, 0.25) is 0 Å². The Morgan fingerprint density at radius 3 is 2.79 bits per heavy atom. The summed E-state index contributed by atoms with van der Waals surface area (Å²) in [5, 5.41) is 9.85. The van der Waals surface area contributed by atoms with E-state index >= 15 is 0 Å². The highest BCUT2D eigenvalue weighted by Crippen LogP contribution is 2.31. The van der Waals surface area contributed by atoms with Crippen molar-refractivity contribution in [1.82, 2.24) is 9.47 Å². The molecule has 1 aliphatic rings. The molecule has 1 saturated heterocycles. The lowest BCUT2D eigenvalue weighted by Gasteiger charge is -2.32. The topological polar surface area (TPSA) is 54.7 Å². The third-order valence-electron chi connectivity index (χ3n) is 4.45. The molecule has 1 aromatic carbocycles. The molecule has 0 spiro atoms. The van der Waals surface area contributed by atoms with Gasteiger partial charge in [0.25, 0.3) is 5.91 Å². The molecule has 0 bridgehead atoms. The number of carbonyl (C=O) groups excluding carboxylic acids is 1. The van der Waals surface area contributed by atoms with Crippen molar-refractivity contribution in [3.05, 3.63) is 47.2 Å². The molecule has 128 valence electrons. The highest BCUT2D eigenvalue weighted by molar-refractivity contribution is 6.33. The van der Waals surface area contributed by atoms with E-state index in [1.54, 1.807) is 24.1 Å². The number of halogens is 1. The molecule has 1 N–H and O–H groups in total. The Bertz CT molecular complexity index is 715. The summed E-state index contributed by atoms with van der Waals surface area (Å²) in [6.07, 6.45) is 5.62. The molecule has 6 heteroatoms. The zero-order chi connectivity index (χ0) is 17.1. The number of aliphatic hydroxyl groups is 1. The van der Waals surface area contributed by atoms with Crippen molar-refractivity contribution >= 4 is 17.5 Å². The van der Waals surface area contributed by atoms with Gasteiger partial charge in [0, 0.05) is 38.2 Å². The summed E-state index contributed by atoms with van der Waals surface area (Å²) in [6.45, 7) is 1.36. The maximum absolute atomic E-state index is 12.9. The Balaban J connectivity index is 1.92. The van der Waals surface area contributed by atoms with Crippen LogP contribution in [0.2, 0.25) is 5.02 Å². The number of hydrogen-bond donors (Lipinski definition) is 1. The minimum atomic E-state index is -0.106. The lowest BCUT2D eigenvalue weighted by molar-refractivity contribution is 0.0617. The van der Waals surface area contributed by atoms with E-state index in [9.17, 15) is 9.90 Å². The molecule has 0 aliphatic carbocycles. The number of benzene rings is 1. The fourth-order valence-corrected chi connectivity index (χ4v) is 3.40. The third-order valence-corrected chi connectivity index (χ3v) is 4.75. The van der Waals surface area contributed by atoms with Crippen molar-refractivity contribution in [3.8, 4) is 11.4 Å². The summed E-state index contributed by atoms with van der Waals surface area (Å²) >= 11 is 6.40. The fraction of sp³-hybridized carbons (Fsp3) is 0.389. The molecule has 0 saturated carbocycles. The van der Waals surface area contributed by atoms with Crippen LogP contribution in [0.1, 0.15) is 23.2 Å². The van der Waals surface area contributed by atoms with Crippen LogP contribution in [-0.2, 0) is 0 Å². The zero-order valence-electron chi connectivity index (χ0n) is 13.6. The van der Waals surface area contributed by atoms with Crippen LogP contribution in [0.15, 0.2) is 36.7 Å². The highest BCUT2D eigenvalue weighted by atomic mass is 35.5. The van der Waals surface area contributed by atoms with E-state index in [0.29, 0.717) is 29.4 Å².